The molecule has 0 amide bonds. The Hall–Kier alpha value is -3.15. The van der Waals surface area contributed by atoms with Crippen molar-refractivity contribution >= 4 is 45.1 Å². The lowest BCUT2D eigenvalue weighted by Gasteiger charge is -2.11. The first-order valence-corrected chi connectivity index (χ1v) is 10.4. The largest absolute Gasteiger partial charge is 0.330 e. The Kier molecular flexibility index (Phi) is 5.00. The van der Waals surface area contributed by atoms with Gasteiger partial charge in [-0.3, -0.25) is 9.36 Å². The Morgan fingerprint density at radius 3 is 2.19 bits per heavy atom. The minimum absolute atomic E-state index is 0.228. The van der Waals surface area contributed by atoms with Crippen molar-refractivity contribution in [2.24, 2.45) is 0 Å². The molecule has 3 aromatic carbocycles. The van der Waals surface area contributed by atoms with Gasteiger partial charge in [0.2, 0.25) is 0 Å². The molecular formula is C24H16Cl2FN3O. The Morgan fingerprint density at radius 1 is 0.871 bits per heavy atom. The maximum absolute atomic E-state index is 14.0. The summed E-state index contributed by atoms with van der Waals surface area (Å²) < 4.78 is 17.4. The Labute approximate surface area is 187 Å². The molecule has 0 spiro atoms. The Bertz CT molecular complexity index is 1510. The van der Waals surface area contributed by atoms with Crippen molar-refractivity contribution < 1.29 is 4.39 Å². The maximum atomic E-state index is 14.0. The molecule has 0 aliphatic carbocycles. The van der Waals surface area contributed by atoms with Gasteiger partial charge in [0.15, 0.2) is 0 Å². The Morgan fingerprint density at radius 2 is 1.52 bits per heavy atom. The van der Waals surface area contributed by atoms with Gasteiger partial charge in [-0.05, 0) is 41.5 Å². The zero-order valence-electron chi connectivity index (χ0n) is 16.2. The number of hydrogen-bond acceptors (Lipinski definition) is 2. The zero-order chi connectivity index (χ0) is 21.5. The molecule has 0 atom stereocenters. The van der Waals surface area contributed by atoms with E-state index in [0.717, 1.165) is 16.6 Å². The van der Waals surface area contributed by atoms with Crippen molar-refractivity contribution in [3.63, 3.8) is 0 Å². The fourth-order valence-electron chi connectivity index (χ4n) is 3.86. The first-order valence-electron chi connectivity index (χ1n) is 9.66. The fraction of sp³-hybridized carbons (Fsp3) is 0.0833. The average Bonchev–Trinajstić information content (AvgIpc) is 3.06. The smallest absolute Gasteiger partial charge is 0.278 e. The topological polar surface area (TPSA) is 39.8 Å². The third-order valence-electron chi connectivity index (χ3n) is 5.37. The first kappa shape index (κ1) is 19.8. The summed E-state index contributed by atoms with van der Waals surface area (Å²) in [5, 5.41) is 1.76. The molecule has 31 heavy (non-hydrogen) atoms. The molecule has 0 radical (unpaired) electrons. The number of benzene rings is 3. The van der Waals surface area contributed by atoms with Gasteiger partial charge in [-0.2, -0.15) is 0 Å². The van der Waals surface area contributed by atoms with E-state index in [1.165, 1.54) is 23.0 Å². The summed E-state index contributed by atoms with van der Waals surface area (Å²) in [7, 11) is 0. The minimum Gasteiger partial charge on any atom is -0.330 e. The number of aromatic nitrogens is 3. The van der Waals surface area contributed by atoms with Crippen LogP contribution in [-0.2, 0) is 13.1 Å². The van der Waals surface area contributed by atoms with Crippen LogP contribution in [0.4, 0.5) is 4.39 Å². The molecule has 4 nitrogen and oxygen atoms in total. The number of halogens is 3. The third-order valence-corrected chi connectivity index (χ3v) is 6.11. The number of rotatable bonds is 4. The van der Waals surface area contributed by atoms with E-state index < -0.39 is 0 Å². The second-order valence-corrected chi connectivity index (χ2v) is 8.12. The molecule has 0 N–H and O–H groups in total. The number of nitrogens with zero attached hydrogens (tertiary/aromatic N) is 3. The van der Waals surface area contributed by atoms with Crippen molar-refractivity contribution in [3.05, 3.63) is 110 Å². The van der Waals surface area contributed by atoms with E-state index in [4.69, 9.17) is 23.2 Å². The van der Waals surface area contributed by atoms with E-state index in [2.05, 4.69) is 4.98 Å². The van der Waals surface area contributed by atoms with Crippen molar-refractivity contribution in [2.75, 3.05) is 0 Å². The summed E-state index contributed by atoms with van der Waals surface area (Å²) in [4.78, 5) is 18.0. The summed E-state index contributed by atoms with van der Waals surface area (Å²) in [5.74, 6) is -0.383. The highest BCUT2D eigenvalue weighted by Gasteiger charge is 2.18. The van der Waals surface area contributed by atoms with Crippen LogP contribution in [-0.4, -0.2) is 14.1 Å². The number of hydrogen-bond donors (Lipinski definition) is 0. The van der Waals surface area contributed by atoms with Crippen LogP contribution in [0.3, 0.4) is 0 Å². The zero-order valence-corrected chi connectivity index (χ0v) is 17.7. The van der Waals surface area contributed by atoms with Gasteiger partial charge in [-0.25, -0.2) is 9.37 Å². The van der Waals surface area contributed by atoms with E-state index >= 15 is 0 Å². The summed E-state index contributed by atoms with van der Waals surface area (Å²) >= 11 is 12.7. The predicted octanol–water partition coefficient (Wildman–Crippen LogP) is 5.89. The molecule has 2 heterocycles. The van der Waals surface area contributed by atoms with Crippen LogP contribution in [0.5, 0.6) is 0 Å². The van der Waals surface area contributed by atoms with E-state index in [9.17, 15) is 9.18 Å². The fourth-order valence-corrected chi connectivity index (χ4v) is 4.25. The molecule has 0 fully saturated rings. The van der Waals surface area contributed by atoms with Gasteiger partial charge in [0.25, 0.3) is 5.56 Å². The van der Waals surface area contributed by atoms with E-state index in [1.54, 1.807) is 18.2 Å². The van der Waals surface area contributed by atoms with Crippen LogP contribution < -0.4 is 5.56 Å². The lowest BCUT2D eigenvalue weighted by molar-refractivity contribution is 0.629. The molecule has 7 heteroatoms. The van der Waals surface area contributed by atoms with Crippen LogP contribution >= 0.6 is 23.2 Å². The highest BCUT2D eigenvalue weighted by molar-refractivity contribution is 6.31. The van der Waals surface area contributed by atoms with E-state index in [1.807, 2.05) is 41.0 Å². The maximum Gasteiger partial charge on any atom is 0.278 e. The highest BCUT2D eigenvalue weighted by atomic mass is 35.5. The lowest BCUT2D eigenvalue weighted by atomic mass is 10.2. The lowest BCUT2D eigenvalue weighted by Crippen LogP contribution is -2.23. The SMILES string of the molecule is O=c1c2c(ncn1Cc1ccccc1Cl)c1cc(F)ccc1n2Cc1ccccc1Cl. The predicted molar refractivity (Wildman–Crippen MR) is 123 cm³/mol. The van der Waals surface area contributed by atoms with Crippen LogP contribution in [0.25, 0.3) is 21.9 Å². The molecule has 0 unspecified atom stereocenters. The average molecular weight is 452 g/mol. The van der Waals surface area contributed by atoms with Gasteiger partial charge in [0, 0.05) is 22.0 Å². The van der Waals surface area contributed by atoms with Crippen molar-refractivity contribution in [2.45, 2.75) is 13.1 Å². The second kappa shape index (κ2) is 7.84. The van der Waals surface area contributed by atoms with Gasteiger partial charge in [-0.1, -0.05) is 59.6 Å². The molecule has 0 aliphatic heterocycles. The first-order chi connectivity index (χ1) is 15.0. The normalized spacial score (nSPS) is 11.5. The second-order valence-electron chi connectivity index (χ2n) is 7.31. The number of fused-ring (bicyclic) bond motifs is 3. The van der Waals surface area contributed by atoms with Gasteiger partial charge in [-0.15, -0.1) is 0 Å². The minimum atomic E-state index is -0.383. The Balaban J connectivity index is 1.75. The molecule has 0 saturated heterocycles. The summed E-state index contributed by atoms with van der Waals surface area (Å²) in [6, 6.07) is 19.3. The van der Waals surface area contributed by atoms with Crippen LogP contribution in [0.15, 0.2) is 77.9 Å². The molecule has 5 rings (SSSR count). The summed E-state index contributed by atoms with van der Waals surface area (Å²) in [5.41, 5.74) is 3.02. The van der Waals surface area contributed by atoms with Crippen LogP contribution in [0.1, 0.15) is 11.1 Å². The van der Waals surface area contributed by atoms with Gasteiger partial charge < -0.3 is 4.57 Å². The molecule has 2 aromatic heterocycles. The standard InChI is InChI=1S/C24H16Cl2FN3O/c25-19-7-3-1-5-15(19)12-29-14-28-22-18-11-17(27)9-10-21(18)30(23(22)24(29)31)13-16-6-2-4-8-20(16)26/h1-11,14H,12-13H2. The van der Waals surface area contributed by atoms with E-state index in [0.29, 0.717) is 33.0 Å². The van der Waals surface area contributed by atoms with Gasteiger partial charge >= 0.3 is 0 Å². The van der Waals surface area contributed by atoms with Gasteiger partial charge in [0.1, 0.15) is 16.9 Å². The molecular weight excluding hydrogens is 436 g/mol. The van der Waals surface area contributed by atoms with E-state index in [-0.39, 0.29) is 17.9 Å². The summed E-state index contributed by atoms with van der Waals surface area (Å²) in [6.07, 6.45) is 1.48. The van der Waals surface area contributed by atoms with Crippen LogP contribution in [0.2, 0.25) is 10.0 Å². The third kappa shape index (κ3) is 3.50. The van der Waals surface area contributed by atoms with Crippen LogP contribution in [0, 0.1) is 5.82 Å². The van der Waals surface area contributed by atoms with Gasteiger partial charge in [0.05, 0.1) is 18.4 Å². The molecule has 0 saturated carbocycles. The van der Waals surface area contributed by atoms with Crippen molar-refractivity contribution in [1.29, 1.82) is 0 Å². The summed E-state index contributed by atoms with van der Waals surface area (Å²) in [6.45, 7) is 0.641. The molecule has 154 valence electrons. The van der Waals surface area contributed by atoms with Crippen molar-refractivity contribution in [3.8, 4) is 0 Å². The molecule has 0 bridgehead atoms. The molecule has 5 aromatic rings. The molecule has 0 aliphatic rings. The van der Waals surface area contributed by atoms with Crippen molar-refractivity contribution in [1.82, 2.24) is 14.1 Å². The monoisotopic (exact) mass is 451 g/mol. The highest BCUT2D eigenvalue weighted by Crippen LogP contribution is 2.28. The quantitative estimate of drug-likeness (QED) is 0.341.